The number of non-ortho nitro benzene ring substituents is 1. The lowest BCUT2D eigenvalue weighted by Gasteiger charge is -1.97. The average molecular weight is 470 g/mol. The molecule has 3 aromatic rings. The Hall–Kier alpha value is -3.17. The average Bonchev–Trinajstić information content (AvgIpc) is 3.31. The van der Waals surface area contributed by atoms with Gasteiger partial charge in [0.15, 0.2) is 5.17 Å². The van der Waals surface area contributed by atoms with Gasteiger partial charge in [-0.25, -0.2) is 4.99 Å². The van der Waals surface area contributed by atoms with Crippen molar-refractivity contribution in [3.63, 3.8) is 0 Å². The molecule has 1 aromatic heterocycles. The Morgan fingerprint density at radius 3 is 2.48 bits per heavy atom. The van der Waals surface area contributed by atoms with Crippen LogP contribution >= 0.6 is 27.7 Å². The molecule has 1 amide bonds. The van der Waals surface area contributed by atoms with Gasteiger partial charge in [0, 0.05) is 28.2 Å². The van der Waals surface area contributed by atoms with Crippen LogP contribution in [0, 0.1) is 10.1 Å². The van der Waals surface area contributed by atoms with Crippen LogP contribution in [0.3, 0.4) is 0 Å². The van der Waals surface area contributed by atoms with E-state index in [-0.39, 0.29) is 11.6 Å². The summed E-state index contributed by atoms with van der Waals surface area (Å²) >= 11 is 4.60. The quantitative estimate of drug-likeness (QED) is 0.308. The summed E-state index contributed by atoms with van der Waals surface area (Å²) in [6.45, 7) is 0. The summed E-state index contributed by atoms with van der Waals surface area (Å²) in [5.41, 5.74) is 1.45. The highest BCUT2D eigenvalue weighted by molar-refractivity contribution is 9.10. The van der Waals surface area contributed by atoms with Crippen molar-refractivity contribution in [3.05, 3.63) is 85.9 Å². The molecule has 0 atom stereocenters. The normalized spacial score (nSPS) is 16.4. The summed E-state index contributed by atoms with van der Waals surface area (Å²) in [7, 11) is 0. The fourth-order valence-electron chi connectivity index (χ4n) is 2.58. The molecule has 29 heavy (non-hydrogen) atoms. The Labute approximate surface area is 177 Å². The monoisotopic (exact) mass is 469 g/mol. The minimum absolute atomic E-state index is 0.0132. The third-order valence-corrected chi connectivity index (χ3v) is 5.41. The Balaban J connectivity index is 1.52. The number of amidine groups is 1. The number of thioether (sulfide) groups is 1. The maximum absolute atomic E-state index is 12.2. The van der Waals surface area contributed by atoms with E-state index >= 15 is 0 Å². The molecule has 0 radical (unpaired) electrons. The van der Waals surface area contributed by atoms with E-state index in [4.69, 9.17) is 4.42 Å². The lowest BCUT2D eigenvalue weighted by molar-refractivity contribution is -0.384. The molecule has 4 rings (SSSR count). The van der Waals surface area contributed by atoms with Crippen molar-refractivity contribution in [3.8, 4) is 11.3 Å². The van der Waals surface area contributed by atoms with E-state index in [1.807, 2.05) is 24.3 Å². The van der Waals surface area contributed by atoms with E-state index in [2.05, 4.69) is 26.2 Å². The second-order valence-corrected chi connectivity index (χ2v) is 7.91. The lowest BCUT2D eigenvalue weighted by Crippen LogP contribution is -2.19. The van der Waals surface area contributed by atoms with Crippen molar-refractivity contribution in [2.75, 3.05) is 0 Å². The SMILES string of the molecule is O=C1NC(=Nc2ccc(Br)cc2)SC1=Cc1ccc(-c2ccc([N+](=O)[O-])cc2)o1. The zero-order valence-electron chi connectivity index (χ0n) is 14.7. The van der Waals surface area contributed by atoms with Gasteiger partial charge in [-0.2, -0.15) is 0 Å². The summed E-state index contributed by atoms with van der Waals surface area (Å²) in [6, 6.07) is 17.0. The topological polar surface area (TPSA) is 97.7 Å². The van der Waals surface area contributed by atoms with Crippen LogP contribution in [0.4, 0.5) is 11.4 Å². The third kappa shape index (κ3) is 4.47. The number of carbonyl (C=O) groups excluding carboxylic acids is 1. The highest BCUT2D eigenvalue weighted by atomic mass is 79.9. The van der Waals surface area contributed by atoms with Gasteiger partial charge in [0.25, 0.3) is 11.6 Å². The van der Waals surface area contributed by atoms with Gasteiger partial charge in [-0.1, -0.05) is 15.9 Å². The standard InChI is InChI=1S/C20H12BrN3O4S/c21-13-3-5-14(6-4-13)22-20-23-19(25)18(29-20)11-16-9-10-17(28-16)12-1-7-15(8-2-12)24(26)27/h1-11H,(H,22,23,25). The van der Waals surface area contributed by atoms with Gasteiger partial charge in [0.2, 0.25) is 0 Å². The molecule has 1 saturated heterocycles. The summed E-state index contributed by atoms with van der Waals surface area (Å²) in [5.74, 6) is 0.805. The number of nitrogens with zero attached hydrogens (tertiary/aromatic N) is 2. The molecule has 0 unspecified atom stereocenters. The van der Waals surface area contributed by atoms with Crippen molar-refractivity contribution >= 4 is 56.2 Å². The van der Waals surface area contributed by atoms with E-state index in [1.165, 1.54) is 23.9 Å². The van der Waals surface area contributed by atoms with Gasteiger partial charge in [0.1, 0.15) is 11.5 Å². The molecule has 0 aliphatic carbocycles. The predicted octanol–water partition coefficient (Wildman–Crippen LogP) is 5.51. The lowest BCUT2D eigenvalue weighted by atomic mass is 10.1. The zero-order valence-corrected chi connectivity index (χ0v) is 17.1. The van der Waals surface area contributed by atoms with Crippen LogP contribution in [0.15, 0.2) is 79.5 Å². The number of hydrogen-bond acceptors (Lipinski definition) is 6. The van der Waals surface area contributed by atoms with Gasteiger partial charge in [0.05, 0.1) is 15.5 Å². The molecule has 0 spiro atoms. The number of nitro groups is 1. The van der Waals surface area contributed by atoms with Crippen LogP contribution in [0.1, 0.15) is 5.76 Å². The maximum atomic E-state index is 12.2. The molecular weight excluding hydrogens is 458 g/mol. The van der Waals surface area contributed by atoms with Crippen molar-refractivity contribution in [2.24, 2.45) is 4.99 Å². The molecule has 7 nitrogen and oxygen atoms in total. The van der Waals surface area contributed by atoms with Gasteiger partial charge in [-0.3, -0.25) is 14.9 Å². The van der Waals surface area contributed by atoms with Crippen molar-refractivity contribution < 1.29 is 14.1 Å². The van der Waals surface area contributed by atoms with Gasteiger partial charge in [-0.05, 0) is 60.3 Å². The highest BCUT2D eigenvalue weighted by Crippen LogP contribution is 2.30. The van der Waals surface area contributed by atoms with E-state index in [1.54, 1.807) is 30.3 Å². The van der Waals surface area contributed by atoms with Gasteiger partial charge < -0.3 is 9.73 Å². The first-order chi connectivity index (χ1) is 14.0. The van der Waals surface area contributed by atoms with Crippen LogP contribution in [0.25, 0.3) is 17.4 Å². The molecule has 0 saturated carbocycles. The summed E-state index contributed by atoms with van der Waals surface area (Å²) < 4.78 is 6.71. The Bertz CT molecular complexity index is 1150. The molecule has 2 heterocycles. The fraction of sp³-hybridized carbons (Fsp3) is 0. The predicted molar refractivity (Wildman–Crippen MR) is 116 cm³/mol. The minimum Gasteiger partial charge on any atom is -0.457 e. The van der Waals surface area contributed by atoms with Gasteiger partial charge in [-0.15, -0.1) is 0 Å². The first-order valence-electron chi connectivity index (χ1n) is 8.38. The number of rotatable bonds is 4. The Kier molecular flexibility index (Phi) is 5.32. The molecule has 1 fully saturated rings. The number of nitrogens with one attached hydrogen (secondary N) is 1. The van der Waals surface area contributed by atoms with Crippen molar-refractivity contribution in [2.45, 2.75) is 0 Å². The highest BCUT2D eigenvalue weighted by Gasteiger charge is 2.24. The number of amides is 1. The number of nitro benzene ring substituents is 1. The first-order valence-corrected chi connectivity index (χ1v) is 9.99. The van der Waals surface area contributed by atoms with Crippen LogP contribution in [0.2, 0.25) is 0 Å². The molecule has 1 aliphatic rings. The maximum Gasteiger partial charge on any atom is 0.269 e. The fourth-order valence-corrected chi connectivity index (χ4v) is 3.66. The summed E-state index contributed by atoms with van der Waals surface area (Å²) in [5, 5.41) is 14.0. The van der Waals surface area contributed by atoms with E-state index in [0.29, 0.717) is 27.2 Å². The molecule has 9 heteroatoms. The molecule has 144 valence electrons. The number of aliphatic imine (C=N–C) groups is 1. The molecular formula is C20H12BrN3O4S. The minimum atomic E-state index is -0.453. The van der Waals surface area contributed by atoms with E-state index in [0.717, 1.165) is 10.2 Å². The molecule has 1 N–H and O–H groups in total. The largest absolute Gasteiger partial charge is 0.457 e. The number of furan rings is 1. The summed E-state index contributed by atoms with van der Waals surface area (Å²) in [4.78, 5) is 27.4. The van der Waals surface area contributed by atoms with Crippen LogP contribution < -0.4 is 5.32 Å². The third-order valence-electron chi connectivity index (χ3n) is 3.97. The van der Waals surface area contributed by atoms with Crippen LogP contribution in [0.5, 0.6) is 0 Å². The van der Waals surface area contributed by atoms with Crippen molar-refractivity contribution in [1.29, 1.82) is 0 Å². The van der Waals surface area contributed by atoms with Crippen molar-refractivity contribution in [1.82, 2.24) is 5.32 Å². The molecule has 2 aromatic carbocycles. The molecule has 0 bridgehead atoms. The van der Waals surface area contributed by atoms with Crippen LogP contribution in [-0.2, 0) is 4.79 Å². The number of carbonyl (C=O) groups is 1. The number of hydrogen-bond donors (Lipinski definition) is 1. The smallest absolute Gasteiger partial charge is 0.269 e. The Morgan fingerprint density at radius 1 is 1.07 bits per heavy atom. The first kappa shape index (κ1) is 19.2. The molecule has 1 aliphatic heterocycles. The van der Waals surface area contributed by atoms with E-state index in [9.17, 15) is 14.9 Å². The summed E-state index contributed by atoms with van der Waals surface area (Å²) in [6.07, 6.45) is 1.64. The number of benzene rings is 2. The van der Waals surface area contributed by atoms with Gasteiger partial charge >= 0.3 is 0 Å². The van der Waals surface area contributed by atoms with Crippen LogP contribution in [-0.4, -0.2) is 16.0 Å². The van der Waals surface area contributed by atoms with E-state index < -0.39 is 4.92 Å². The second kappa shape index (κ2) is 8.06. The number of halogens is 1. The zero-order chi connectivity index (χ0) is 20.4. The Morgan fingerprint density at radius 2 is 1.79 bits per heavy atom. The second-order valence-electron chi connectivity index (χ2n) is 5.96.